The average molecular weight is 498 g/mol. The Morgan fingerprint density at radius 3 is 1.89 bits per heavy atom. The Morgan fingerprint density at radius 1 is 0.474 bits per heavy atom. The van der Waals surface area contributed by atoms with Crippen LogP contribution < -0.4 is 4.90 Å². The number of fused-ring (bicyclic) bond motifs is 1. The molecule has 0 spiro atoms. The second-order valence-corrected chi connectivity index (χ2v) is 9.34. The predicted molar refractivity (Wildman–Crippen MR) is 155 cm³/mol. The number of hydrogen-bond acceptors (Lipinski definition) is 1. The maximum atomic E-state index is 16.0. The van der Waals surface area contributed by atoms with Crippen LogP contribution in [0.2, 0.25) is 0 Å². The first-order valence-corrected chi connectivity index (χ1v) is 12.6. The van der Waals surface area contributed by atoms with Crippen LogP contribution in [0.5, 0.6) is 0 Å². The summed E-state index contributed by atoms with van der Waals surface area (Å²) in [5.41, 5.74) is 5.95. The van der Waals surface area contributed by atoms with Gasteiger partial charge in [0.2, 0.25) is 0 Å². The maximum absolute atomic E-state index is 16.0. The molecule has 0 unspecified atom stereocenters. The van der Waals surface area contributed by atoms with Gasteiger partial charge in [-0.2, -0.15) is 0 Å². The molecule has 0 aromatic heterocycles. The Kier molecular flexibility index (Phi) is 6.19. The summed E-state index contributed by atoms with van der Waals surface area (Å²) in [6, 6.07) is 42.5. The van der Waals surface area contributed by atoms with E-state index in [0.717, 1.165) is 22.3 Å². The highest BCUT2D eigenvalue weighted by Gasteiger charge is 2.19. The van der Waals surface area contributed by atoms with Crippen LogP contribution in [-0.2, 0) is 0 Å². The molecule has 0 saturated carbocycles. The summed E-state index contributed by atoms with van der Waals surface area (Å²) in [6.07, 6.45) is 0. The molecule has 0 aliphatic rings. The molecule has 0 heterocycles. The first-order valence-electron chi connectivity index (χ1n) is 12.6. The van der Waals surface area contributed by atoms with Crippen molar-refractivity contribution in [2.75, 3.05) is 11.9 Å². The molecule has 0 N–H and O–H groups in total. The molecule has 0 bridgehead atoms. The van der Waals surface area contributed by atoms with Crippen LogP contribution in [0.4, 0.5) is 20.2 Å². The van der Waals surface area contributed by atoms with Gasteiger partial charge in [-0.05, 0) is 62.9 Å². The molecule has 0 atom stereocenters. The molecule has 0 aliphatic heterocycles. The number of nitrogens with zero attached hydrogens (tertiary/aromatic N) is 1. The summed E-state index contributed by atoms with van der Waals surface area (Å²) < 4.78 is 30.6. The van der Waals surface area contributed by atoms with Crippen LogP contribution in [0.25, 0.3) is 44.2 Å². The van der Waals surface area contributed by atoms with E-state index in [1.165, 1.54) is 22.4 Å². The number of para-hydroxylation sites is 1. The normalized spacial score (nSPS) is 11.0. The number of hydrogen-bond donors (Lipinski definition) is 0. The van der Waals surface area contributed by atoms with E-state index < -0.39 is 11.6 Å². The van der Waals surface area contributed by atoms with Gasteiger partial charge in [0.05, 0.1) is 11.4 Å². The minimum absolute atomic E-state index is 0.310. The van der Waals surface area contributed by atoms with E-state index >= 15 is 4.39 Å². The Balaban J connectivity index is 1.47. The van der Waals surface area contributed by atoms with E-state index in [4.69, 9.17) is 0 Å². The fraction of sp³-hybridized carbons (Fsp3) is 0.0286. The van der Waals surface area contributed by atoms with Crippen molar-refractivity contribution < 1.29 is 8.78 Å². The summed E-state index contributed by atoms with van der Waals surface area (Å²) in [5.74, 6) is -0.793. The van der Waals surface area contributed by atoms with E-state index in [2.05, 4.69) is 60.7 Å². The summed E-state index contributed by atoms with van der Waals surface area (Å²) in [5, 5.41) is 2.39. The fourth-order valence-corrected chi connectivity index (χ4v) is 5.02. The van der Waals surface area contributed by atoms with E-state index in [-0.39, 0.29) is 0 Å². The van der Waals surface area contributed by atoms with Crippen molar-refractivity contribution in [1.29, 1.82) is 0 Å². The molecule has 184 valence electrons. The van der Waals surface area contributed by atoms with Gasteiger partial charge in [-0.25, -0.2) is 8.78 Å². The zero-order chi connectivity index (χ0) is 26.1. The first kappa shape index (κ1) is 23.6. The van der Waals surface area contributed by atoms with Gasteiger partial charge in [-0.15, -0.1) is 0 Å². The van der Waals surface area contributed by atoms with Crippen LogP contribution in [0, 0.1) is 11.6 Å². The van der Waals surface area contributed by atoms with Crippen molar-refractivity contribution in [3.8, 4) is 33.4 Å². The van der Waals surface area contributed by atoms with Crippen LogP contribution in [0.15, 0.2) is 133 Å². The van der Waals surface area contributed by atoms with E-state index in [0.29, 0.717) is 16.9 Å². The third-order valence-corrected chi connectivity index (χ3v) is 7.03. The molecule has 1 nitrogen and oxygen atoms in total. The first-order chi connectivity index (χ1) is 18.6. The van der Waals surface area contributed by atoms with E-state index in [9.17, 15) is 4.39 Å². The Hall–Kier alpha value is -4.76. The third-order valence-electron chi connectivity index (χ3n) is 7.03. The lowest BCUT2D eigenvalue weighted by Crippen LogP contribution is -2.13. The Labute approximate surface area is 221 Å². The highest BCUT2D eigenvalue weighted by Crippen LogP contribution is 2.39. The van der Waals surface area contributed by atoms with Crippen molar-refractivity contribution in [3.63, 3.8) is 0 Å². The molecule has 6 aromatic rings. The summed E-state index contributed by atoms with van der Waals surface area (Å²) in [7, 11) is 1.69. The molecule has 6 aromatic carbocycles. The van der Waals surface area contributed by atoms with Crippen molar-refractivity contribution in [3.05, 3.63) is 145 Å². The van der Waals surface area contributed by atoms with Gasteiger partial charge in [-0.1, -0.05) is 109 Å². The predicted octanol–water partition coefficient (Wildman–Crippen LogP) is 9.89. The monoisotopic (exact) mass is 497 g/mol. The minimum atomic E-state index is -0.402. The number of anilines is 2. The van der Waals surface area contributed by atoms with Crippen molar-refractivity contribution >= 4 is 22.1 Å². The summed E-state index contributed by atoms with van der Waals surface area (Å²) in [4.78, 5) is 1.57. The number of halogens is 2. The topological polar surface area (TPSA) is 3.24 Å². The second-order valence-electron chi connectivity index (χ2n) is 9.34. The van der Waals surface area contributed by atoms with Crippen molar-refractivity contribution in [1.82, 2.24) is 0 Å². The number of benzene rings is 6. The lowest BCUT2D eigenvalue weighted by molar-refractivity contribution is 0.619. The molecule has 0 saturated heterocycles. The van der Waals surface area contributed by atoms with Crippen LogP contribution >= 0.6 is 0 Å². The molecule has 6 rings (SSSR count). The van der Waals surface area contributed by atoms with Gasteiger partial charge in [0.1, 0.15) is 5.82 Å². The molecule has 38 heavy (non-hydrogen) atoms. The molecular weight excluding hydrogens is 472 g/mol. The molecule has 3 heteroatoms. The van der Waals surface area contributed by atoms with Gasteiger partial charge < -0.3 is 4.90 Å². The van der Waals surface area contributed by atoms with Gasteiger partial charge in [0.25, 0.3) is 0 Å². The summed E-state index contributed by atoms with van der Waals surface area (Å²) >= 11 is 0. The van der Waals surface area contributed by atoms with E-state index in [1.807, 2.05) is 42.5 Å². The zero-order valence-electron chi connectivity index (χ0n) is 20.9. The van der Waals surface area contributed by atoms with Crippen LogP contribution in [0.1, 0.15) is 0 Å². The molecule has 0 amide bonds. The van der Waals surface area contributed by atoms with Gasteiger partial charge in [0, 0.05) is 12.6 Å². The fourth-order valence-electron chi connectivity index (χ4n) is 5.02. The Morgan fingerprint density at radius 2 is 1.11 bits per heavy atom. The lowest BCUT2D eigenvalue weighted by atomic mass is 9.94. The summed E-state index contributed by atoms with van der Waals surface area (Å²) in [6.45, 7) is 0. The SMILES string of the molecule is CN(c1ccccc1F)c1cc(-c2ccc(-c3cccc4ccccc34)cc2)cc(-c2ccccc2)c1F. The maximum Gasteiger partial charge on any atom is 0.154 e. The van der Waals surface area contributed by atoms with Crippen molar-refractivity contribution in [2.24, 2.45) is 0 Å². The smallest absolute Gasteiger partial charge is 0.154 e. The largest absolute Gasteiger partial charge is 0.340 e. The molecule has 0 radical (unpaired) electrons. The third kappa shape index (κ3) is 4.33. The molecule has 0 aliphatic carbocycles. The minimum Gasteiger partial charge on any atom is -0.340 e. The van der Waals surface area contributed by atoms with Gasteiger partial charge >= 0.3 is 0 Å². The average Bonchev–Trinajstić information content (AvgIpc) is 2.97. The van der Waals surface area contributed by atoms with Crippen molar-refractivity contribution in [2.45, 2.75) is 0 Å². The lowest BCUT2D eigenvalue weighted by Gasteiger charge is -2.23. The zero-order valence-corrected chi connectivity index (χ0v) is 20.9. The molecular formula is C35H25F2N. The standard InChI is InChI=1S/C35H25F2N/c1-38(33-17-8-7-16-32(33)36)34-23-28(22-31(35(34)37)26-10-3-2-4-11-26)24-18-20-27(21-19-24)30-15-9-13-25-12-5-6-14-29(25)30/h2-23H,1H3. The Bertz CT molecular complexity index is 1740. The van der Waals surface area contributed by atoms with Crippen LogP contribution in [-0.4, -0.2) is 7.05 Å². The van der Waals surface area contributed by atoms with Gasteiger partial charge in [0.15, 0.2) is 5.82 Å². The van der Waals surface area contributed by atoms with Crippen LogP contribution in [0.3, 0.4) is 0 Å². The molecule has 0 fully saturated rings. The number of rotatable bonds is 5. The second kappa shape index (κ2) is 9.95. The van der Waals surface area contributed by atoms with E-state index in [1.54, 1.807) is 36.2 Å². The quantitative estimate of drug-likeness (QED) is 0.229. The highest BCUT2D eigenvalue weighted by molar-refractivity contribution is 5.97. The highest BCUT2D eigenvalue weighted by atomic mass is 19.1. The van der Waals surface area contributed by atoms with Gasteiger partial charge in [-0.3, -0.25) is 0 Å².